The number of halogens is 1. The summed E-state index contributed by atoms with van der Waals surface area (Å²) in [4.78, 5) is 18.7. The largest absolute Gasteiger partial charge is 0.326 e. The number of hydrogen-bond acceptors (Lipinski definition) is 4. The number of hydrogen-bond donors (Lipinski definition) is 1. The zero-order valence-electron chi connectivity index (χ0n) is 11.8. The van der Waals surface area contributed by atoms with E-state index in [2.05, 4.69) is 10.3 Å². The van der Waals surface area contributed by atoms with Crippen molar-refractivity contribution in [3.05, 3.63) is 57.5 Å². The van der Waals surface area contributed by atoms with E-state index >= 15 is 0 Å². The van der Waals surface area contributed by atoms with Crippen molar-refractivity contribution in [2.45, 2.75) is 13.3 Å². The molecule has 3 rings (SSSR count). The molecule has 0 atom stereocenters. The van der Waals surface area contributed by atoms with Gasteiger partial charge >= 0.3 is 0 Å². The van der Waals surface area contributed by atoms with E-state index in [1.165, 1.54) is 23.5 Å². The Morgan fingerprint density at radius 3 is 2.73 bits per heavy atom. The fourth-order valence-corrected chi connectivity index (χ4v) is 3.83. The van der Waals surface area contributed by atoms with Crippen molar-refractivity contribution in [2.75, 3.05) is 5.32 Å². The third kappa shape index (κ3) is 3.40. The first-order valence-electron chi connectivity index (χ1n) is 6.67. The first kappa shape index (κ1) is 14.9. The van der Waals surface area contributed by atoms with Crippen LogP contribution in [0.15, 0.2) is 41.8 Å². The normalized spacial score (nSPS) is 10.6. The highest BCUT2D eigenvalue weighted by Gasteiger charge is 2.15. The summed E-state index contributed by atoms with van der Waals surface area (Å²) in [5, 5.41) is 5.71. The highest BCUT2D eigenvalue weighted by molar-refractivity contribution is 7.15. The molecule has 22 heavy (non-hydrogen) atoms. The Labute approximate surface area is 135 Å². The molecule has 1 N–H and O–H groups in total. The number of thiazole rings is 1. The van der Waals surface area contributed by atoms with Crippen LogP contribution in [-0.4, -0.2) is 10.9 Å². The van der Waals surface area contributed by atoms with Gasteiger partial charge in [-0.15, -0.1) is 22.7 Å². The van der Waals surface area contributed by atoms with Crippen LogP contribution < -0.4 is 5.32 Å². The number of carbonyl (C=O) groups excluding carboxylic acids is 1. The van der Waals surface area contributed by atoms with Crippen LogP contribution in [0.3, 0.4) is 0 Å². The molecule has 0 saturated heterocycles. The molecule has 112 valence electrons. The summed E-state index contributed by atoms with van der Waals surface area (Å²) in [6, 6.07) is 9.71. The zero-order valence-corrected chi connectivity index (χ0v) is 13.4. The molecule has 0 fully saturated rings. The van der Waals surface area contributed by atoms with Crippen molar-refractivity contribution < 1.29 is 9.18 Å². The van der Waals surface area contributed by atoms with Gasteiger partial charge in [0.05, 0.1) is 22.0 Å². The summed E-state index contributed by atoms with van der Waals surface area (Å²) in [7, 11) is 0. The van der Waals surface area contributed by atoms with Crippen molar-refractivity contribution in [3.63, 3.8) is 0 Å². The average Bonchev–Trinajstić information content (AvgIpc) is 3.11. The number of anilines is 1. The Morgan fingerprint density at radius 1 is 1.27 bits per heavy atom. The van der Waals surface area contributed by atoms with E-state index in [1.54, 1.807) is 23.5 Å². The van der Waals surface area contributed by atoms with Gasteiger partial charge in [-0.05, 0) is 42.6 Å². The Balaban J connectivity index is 1.75. The molecule has 3 aromatic rings. The zero-order chi connectivity index (χ0) is 15.5. The van der Waals surface area contributed by atoms with Crippen molar-refractivity contribution in [1.29, 1.82) is 0 Å². The van der Waals surface area contributed by atoms with Gasteiger partial charge in [-0.2, -0.15) is 0 Å². The lowest BCUT2D eigenvalue weighted by Crippen LogP contribution is -2.14. The van der Waals surface area contributed by atoms with Crippen LogP contribution in [-0.2, 0) is 11.2 Å². The van der Waals surface area contributed by atoms with E-state index in [0.29, 0.717) is 5.69 Å². The fraction of sp³-hybridized carbons (Fsp3) is 0.125. The first-order chi connectivity index (χ1) is 10.6. The SMILES string of the molecule is Cc1nc(-c2cccs2)c(CC(=O)Nc2ccc(F)cc2)s1. The van der Waals surface area contributed by atoms with Crippen LogP contribution in [0.4, 0.5) is 10.1 Å². The molecule has 0 unspecified atom stereocenters. The van der Waals surface area contributed by atoms with Gasteiger partial charge in [0.25, 0.3) is 0 Å². The maximum atomic E-state index is 12.9. The molecule has 6 heteroatoms. The quantitative estimate of drug-likeness (QED) is 0.764. The lowest BCUT2D eigenvalue weighted by Gasteiger charge is -2.05. The summed E-state index contributed by atoms with van der Waals surface area (Å²) in [5.41, 5.74) is 1.47. The number of aromatic nitrogens is 1. The van der Waals surface area contributed by atoms with Crippen LogP contribution in [0.5, 0.6) is 0 Å². The van der Waals surface area contributed by atoms with Gasteiger partial charge < -0.3 is 5.32 Å². The molecule has 0 aliphatic carbocycles. The van der Waals surface area contributed by atoms with E-state index in [9.17, 15) is 9.18 Å². The molecule has 0 aliphatic heterocycles. The Hall–Kier alpha value is -2.05. The summed E-state index contributed by atoms with van der Waals surface area (Å²) < 4.78 is 12.9. The second kappa shape index (κ2) is 6.37. The summed E-state index contributed by atoms with van der Waals surface area (Å²) in [5.74, 6) is -0.455. The molecule has 2 aromatic heterocycles. The molecule has 2 heterocycles. The topological polar surface area (TPSA) is 42.0 Å². The molecular formula is C16H13FN2OS2. The Morgan fingerprint density at radius 2 is 2.05 bits per heavy atom. The third-order valence-corrected chi connectivity index (χ3v) is 4.86. The number of nitrogens with zero attached hydrogens (tertiary/aromatic N) is 1. The number of aryl methyl sites for hydroxylation is 1. The highest BCUT2D eigenvalue weighted by Crippen LogP contribution is 2.31. The minimum atomic E-state index is -0.323. The van der Waals surface area contributed by atoms with E-state index in [0.717, 1.165) is 20.5 Å². The number of carbonyl (C=O) groups is 1. The average molecular weight is 332 g/mol. The Bertz CT molecular complexity index is 779. The molecule has 0 spiro atoms. The number of nitrogens with one attached hydrogen (secondary N) is 1. The predicted octanol–water partition coefficient (Wildman–Crippen LogP) is 4.50. The minimum Gasteiger partial charge on any atom is -0.326 e. The van der Waals surface area contributed by atoms with Crippen molar-refractivity contribution in [1.82, 2.24) is 4.98 Å². The monoisotopic (exact) mass is 332 g/mol. The molecule has 0 aliphatic rings. The van der Waals surface area contributed by atoms with Gasteiger partial charge in [0.15, 0.2) is 0 Å². The van der Waals surface area contributed by atoms with Gasteiger partial charge in [0.1, 0.15) is 5.82 Å². The van der Waals surface area contributed by atoms with Gasteiger partial charge in [0.2, 0.25) is 5.91 Å². The maximum Gasteiger partial charge on any atom is 0.229 e. The second-order valence-electron chi connectivity index (χ2n) is 4.71. The number of benzene rings is 1. The molecule has 0 radical (unpaired) electrons. The molecular weight excluding hydrogens is 319 g/mol. The minimum absolute atomic E-state index is 0.131. The summed E-state index contributed by atoms with van der Waals surface area (Å²) in [6.45, 7) is 1.93. The molecule has 0 bridgehead atoms. The number of thiophene rings is 1. The van der Waals surface area contributed by atoms with Crippen molar-refractivity contribution >= 4 is 34.3 Å². The smallest absolute Gasteiger partial charge is 0.229 e. The van der Waals surface area contributed by atoms with Crippen molar-refractivity contribution in [2.24, 2.45) is 0 Å². The standard InChI is InChI=1S/C16H13FN2OS2/c1-10-18-16(13-3-2-8-21-13)14(22-10)9-15(20)19-12-6-4-11(17)5-7-12/h2-8H,9H2,1H3,(H,19,20). The lowest BCUT2D eigenvalue weighted by atomic mass is 10.2. The highest BCUT2D eigenvalue weighted by atomic mass is 32.1. The summed E-state index contributed by atoms with van der Waals surface area (Å²) >= 11 is 3.14. The maximum absolute atomic E-state index is 12.9. The van der Waals surface area contributed by atoms with Crippen LogP contribution >= 0.6 is 22.7 Å². The van der Waals surface area contributed by atoms with Gasteiger partial charge in [-0.1, -0.05) is 6.07 Å². The number of rotatable bonds is 4. The van der Waals surface area contributed by atoms with E-state index in [1.807, 2.05) is 24.4 Å². The second-order valence-corrected chi connectivity index (χ2v) is 6.95. The summed E-state index contributed by atoms with van der Waals surface area (Å²) in [6.07, 6.45) is 0.260. The molecule has 0 saturated carbocycles. The van der Waals surface area contributed by atoms with Gasteiger partial charge in [0, 0.05) is 10.6 Å². The molecule has 1 amide bonds. The lowest BCUT2D eigenvalue weighted by molar-refractivity contribution is -0.115. The predicted molar refractivity (Wildman–Crippen MR) is 88.9 cm³/mol. The molecule has 3 nitrogen and oxygen atoms in total. The van der Waals surface area contributed by atoms with E-state index in [4.69, 9.17) is 0 Å². The Kier molecular flexibility index (Phi) is 4.31. The first-order valence-corrected chi connectivity index (χ1v) is 8.37. The van der Waals surface area contributed by atoms with Crippen LogP contribution in [0, 0.1) is 12.7 Å². The van der Waals surface area contributed by atoms with Crippen LogP contribution in [0.2, 0.25) is 0 Å². The third-order valence-electron chi connectivity index (χ3n) is 3.01. The van der Waals surface area contributed by atoms with E-state index < -0.39 is 0 Å². The van der Waals surface area contributed by atoms with Crippen LogP contribution in [0.1, 0.15) is 9.88 Å². The van der Waals surface area contributed by atoms with Crippen LogP contribution in [0.25, 0.3) is 10.6 Å². The number of amides is 1. The van der Waals surface area contributed by atoms with Gasteiger partial charge in [-0.25, -0.2) is 9.37 Å². The van der Waals surface area contributed by atoms with Gasteiger partial charge in [-0.3, -0.25) is 4.79 Å². The van der Waals surface area contributed by atoms with E-state index in [-0.39, 0.29) is 18.1 Å². The van der Waals surface area contributed by atoms with Crippen molar-refractivity contribution in [3.8, 4) is 10.6 Å². The fourth-order valence-electron chi connectivity index (χ4n) is 2.08. The molecule has 1 aromatic carbocycles.